The number of quaternary nitrogens is 1. The lowest BCUT2D eigenvalue weighted by molar-refractivity contribution is -0.857. The number of benzene rings is 1. The Kier molecular flexibility index (Phi) is 6.61. The molecule has 0 bridgehead atoms. The lowest BCUT2D eigenvalue weighted by atomic mass is 10.1. The zero-order valence-corrected chi connectivity index (χ0v) is 16.8. The predicted octanol–water partition coefficient (Wildman–Crippen LogP) is 2.33. The number of likely N-dealkylation sites (N-methyl/N-ethyl adjacent to an activating group) is 1. The molecule has 0 fully saturated rings. The van der Waals surface area contributed by atoms with E-state index in [1.54, 1.807) is 29.4 Å². The van der Waals surface area contributed by atoms with Gasteiger partial charge >= 0.3 is 6.18 Å². The number of nitrogens with zero attached hydrogens (tertiary/aromatic N) is 3. The number of alkyl halides is 3. The lowest BCUT2D eigenvalue weighted by Gasteiger charge is -2.22. The molecule has 160 valence electrons. The van der Waals surface area contributed by atoms with Crippen molar-refractivity contribution in [1.82, 2.24) is 14.5 Å². The van der Waals surface area contributed by atoms with E-state index in [4.69, 9.17) is 4.42 Å². The SMILES string of the molecule is C[NH+](C)CCN(Cc1nccn1Cc1ccc(C(F)(F)F)cc1)C(=O)c1ccco1. The molecule has 2 aromatic heterocycles. The van der Waals surface area contributed by atoms with Crippen molar-refractivity contribution < 1.29 is 27.3 Å². The van der Waals surface area contributed by atoms with E-state index in [1.807, 2.05) is 18.7 Å². The monoisotopic (exact) mass is 421 g/mol. The number of furan rings is 1. The molecule has 0 atom stereocenters. The highest BCUT2D eigenvalue weighted by Crippen LogP contribution is 2.29. The van der Waals surface area contributed by atoms with E-state index in [9.17, 15) is 18.0 Å². The molecule has 0 aliphatic rings. The highest BCUT2D eigenvalue weighted by Gasteiger charge is 2.30. The molecule has 3 rings (SSSR count). The van der Waals surface area contributed by atoms with Crippen LogP contribution in [0, 0.1) is 0 Å². The number of nitrogens with one attached hydrogen (secondary N) is 1. The summed E-state index contributed by atoms with van der Waals surface area (Å²) in [5, 5.41) is 0. The first-order valence-corrected chi connectivity index (χ1v) is 9.52. The van der Waals surface area contributed by atoms with E-state index < -0.39 is 11.7 Å². The Hall–Kier alpha value is -3.07. The van der Waals surface area contributed by atoms with E-state index in [2.05, 4.69) is 4.98 Å². The van der Waals surface area contributed by atoms with Crippen LogP contribution in [-0.4, -0.2) is 47.5 Å². The van der Waals surface area contributed by atoms with Crippen LogP contribution in [0.15, 0.2) is 59.5 Å². The maximum Gasteiger partial charge on any atom is 0.416 e. The highest BCUT2D eigenvalue weighted by atomic mass is 19.4. The molecule has 0 spiro atoms. The molecule has 0 aliphatic carbocycles. The Balaban J connectivity index is 1.75. The Morgan fingerprint density at radius 2 is 1.93 bits per heavy atom. The minimum absolute atomic E-state index is 0.231. The number of hydrogen-bond acceptors (Lipinski definition) is 3. The van der Waals surface area contributed by atoms with E-state index in [1.165, 1.54) is 23.3 Å². The summed E-state index contributed by atoms with van der Waals surface area (Å²) in [6, 6.07) is 8.32. The van der Waals surface area contributed by atoms with Crippen LogP contribution in [0.25, 0.3) is 0 Å². The van der Waals surface area contributed by atoms with Crippen LogP contribution in [-0.2, 0) is 19.3 Å². The quantitative estimate of drug-likeness (QED) is 0.608. The first-order valence-electron chi connectivity index (χ1n) is 9.52. The van der Waals surface area contributed by atoms with Crippen LogP contribution in [0.1, 0.15) is 27.5 Å². The lowest BCUT2D eigenvalue weighted by Crippen LogP contribution is -3.06. The van der Waals surface area contributed by atoms with Crippen LogP contribution in [0.3, 0.4) is 0 Å². The summed E-state index contributed by atoms with van der Waals surface area (Å²) < 4.78 is 45.4. The Morgan fingerprint density at radius 1 is 1.20 bits per heavy atom. The zero-order valence-electron chi connectivity index (χ0n) is 16.8. The van der Waals surface area contributed by atoms with Crippen LogP contribution in [0.2, 0.25) is 0 Å². The van der Waals surface area contributed by atoms with Crippen LogP contribution < -0.4 is 4.90 Å². The molecule has 1 N–H and O–H groups in total. The number of halogens is 3. The number of amides is 1. The first-order chi connectivity index (χ1) is 14.2. The van der Waals surface area contributed by atoms with Gasteiger partial charge in [-0.2, -0.15) is 13.2 Å². The van der Waals surface area contributed by atoms with Crippen molar-refractivity contribution >= 4 is 5.91 Å². The third kappa shape index (κ3) is 5.50. The molecule has 2 heterocycles. The maximum absolute atomic E-state index is 12.8. The highest BCUT2D eigenvalue weighted by molar-refractivity contribution is 5.91. The third-order valence-corrected chi connectivity index (χ3v) is 4.67. The molecular weight excluding hydrogens is 397 g/mol. The molecule has 30 heavy (non-hydrogen) atoms. The van der Waals surface area contributed by atoms with Gasteiger partial charge in [0.25, 0.3) is 5.91 Å². The van der Waals surface area contributed by atoms with Gasteiger partial charge in [-0.15, -0.1) is 0 Å². The molecule has 1 amide bonds. The number of hydrogen-bond donors (Lipinski definition) is 1. The van der Waals surface area contributed by atoms with Crippen molar-refractivity contribution in [1.29, 1.82) is 0 Å². The van der Waals surface area contributed by atoms with Crippen molar-refractivity contribution in [2.24, 2.45) is 0 Å². The van der Waals surface area contributed by atoms with Crippen molar-refractivity contribution in [3.8, 4) is 0 Å². The number of carbonyl (C=O) groups excluding carboxylic acids is 1. The minimum atomic E-state index is -4.36. The topological polar surface area (TPSA) is 55.7 Å². The summed E-state index contributed by atoms with van der Waals surface area (Å²) in [7, 11) is 4.00. The average molecular weight is 421 g/mol. The molecular formula is C21H24F3N4O2+. The first kappa shape index (κ1) is 21.6. The summed E-state index contributed by atoms with van der Waals surface area (Å²) >= 11 is 0. The molecule has 3 aromatic rings. The Labute approximate surface area is 172 Å². The van der Waals surface area contributed by atoms with Gasteiger partial charge < -0.3 is 18.8 Å². The van der Waals surface area contributed by atoms with Gasteiger partial charge in [-0.05, 0) is 29.8 Å². The van der Waals surface area contributed by atoms with Gasteiger partial charge in [-0.3, -0.25) is 4.79 Å². The number of imidazole rings is 1. The molecule has 0 unspecified atom stereocenters. The van der Waals surface area contributed by atoms with Crippen molar-refractivity contribution in [2.45, 2.75) is 19.3 Å². The number of rotatable bonds is 8. The fourth-order valence-corrected chi connectivity index (χ4v) is 2.97. The summed E-state index contributed by atoms with van der Waals surface area (Å²) in [5.41, 5.74) is 0.0300. The summed E-state index contributed by atoms with van der Waals surface area (Å²) in [4.78, 5) is 20.0. The second-order valence-corrected chi connectivity index (χ2v) is 7.33. The Bertz CT molecular complexity index is 948. The van der Waals surface area contributed by atoms with Crippen LogP contribution in [0.4, 0.5) is 13.2 Å². The van der Waals surface area contributed by atoms with Gasteiger partial charge in [0.2, 0.25) is 0 Å². The van der Waals surface area contributed by atoms with Gasteiger partial charge in [0.15, 0.2) is 5.76 Å². The van der Waals surface area contributed by atoms with E-state index >= 15 is 0 Å². The normalized spacial score (nSPS) is 11.8. The van der Waals surface area contributed by atoms with Crippen molar-refractivity contribution in [3.63, 3.8) is 0 Å². The molecule has 0 saturated carbocycles. The van der Waals surface area contributed by atoms with Gasteiger partial charge in [0.1, 0.15) is 5.82 Å². The second-order valence-electron chi connectivity index (χ2n) is 7.33. The van der Waals surface area contributed by atoms with E-state index in [0.29, 0.717) is 24.5 Å². The van der Waals surface area contributed by atoms with Gasteiger partial charge in [-0.1, -0.05) is 12.1 Å². The third-order valence-electron chi connectivity index (χ3n) is 4.67. The van der Waals surface area contributed by atoms with Crippen molar-refractivity contribution in [2.75, 3.05) is 27.2 Å². The van der Waals surface area contributed by atoms with E-state index in [-0.39, 0.29) is 18.2 Å². The number of aromatic nitrogens is 2. The summed E-state index contributed by atoms with van der Waals surface area (Å²) in [6.45, 7) is 1.87. The smallest absolute Gasteiger partial charge is 0.416 e. The van der Waals surface area contributed by atoms with Gasteiger partial charge in [0.05, 0.1) is 45.6 Å². The second kappa shape index (κ2) is 9.17. The minimum Gasteiger partial charge on any atom is -0.459 e. The molecule has 1 aromatic carbocycles. The van der Waals surface area contributed by atoms with Gasteiger partial charge in [0, 0.05) is 18.9 Å². The standard InChI is InChI=1S/C21H23F3N4O2/c1-26(2)11-12-28(20(29)18-4-3-13-30-18)15-19-25-9-10-27(19)14-16-5-7-17(8-6-16)21(22,23)24/h3-10,13H,11-12,14-15H2,1-2H3/p+1. The zero-order chi connectivity index (χ0) is 21.7. The maximum atomic E-state index is 12.8. The molecule has 9 heteroatoms. The fourth-order valence-electron chi connectivity index (χ4n) is 2.97. The Morgan fingerprint density at radius 3 is 2.53 bits per heavy atom. The largest absolute Gasteiger partial charge is 0.459 e. The van der Waals surface area contributed by atoms with E-state index in [0.717, 1.165) is 18.7 Å². The van der Waals surface area contributed by atoms with Gasteiger partial charge in [-0.25, -0.2) is 4.98 Å². The van der Waals surface area contributed by atoms with Crippen LogP contribution in [0.5, 0.6) is 0 Å². The average Bonchev–Trinajstić information content (AvgIpc) is 3.36. The summed E-state index contributed by atoms with van der Waals surface area (Å²) in [6.07, 6.45) is 0.458. The summed E-state index contributed by atoms with van der Waals surface area (Å²) in [5.74, 6) is 0.665. The predicted molar refractivity (Wildman–Crippen MR) is 104 cm³/mol. The molecule has 0 aliphatic heterocycles. The van der Waals surface area contributed by atoms with Crippen LogP contribution >= 0.6 is 0 Å². The van der Waals surface area contributed by atoms with Crippen molar-refractivity contribution in [3.05, 3.63) is 77.8 Å². The molecule has 0 saturated heterocycles. The molecule has 0 radical (unpaired) electrons. The number of carbonyl (C=O) groups is 1. The fraction of sp³-hybridized carbons (Fsp3) is 0.333. The molecule has 6 nitrogen and oxygen atoms in total.